The molecule has 0 amide bonds. The lowest BCUT2D eigenvalue weighted by atomic mass is 10.1. The third kappa shape index (κ3) is 13.2. The predicted octanol–water partition coefficient (Wildman–Crippen LogP) is 1.42. The van der Waals surface area contributed by atoms with E-state index < -0.39 is 0 Å². The zero-order valence-corrected chi connectivity index (χ0v) is 9.94. The van der Waals surface area contributed by atoms with E-state index in [1.165, 1.54) is 38.5 Å². The fourth-order valence-corrected chi connectivity index (χ4v) is 1.44. The Kier molecular flexibility index (Phi) is 10.7. The quantitative estimate of drug-likeness (QED) is 0.252. The van der Waals surface area contributed by atoms with Gasteiger partial charge >= 0.3 is 0 Å². The largest absolute Gasteiger partial charge is 0.370 e. The molecule has 0 heterocycles. The molecule has 4 heteroatoms. The Balaban J connectivity index is 2.89. The van der Waals surface area contributed by atoms with Crippen LogP contribution in [0.3, 0.4) is 0 Å². The zero-order valence-electron chi connectivity index (χ0n) is 9.94. The molecule has 15 heavy (non-hydrogen) atoms. The molecule has 90 valence electrons. The molecule has 0 unspecified atom stereocenters. The van der Waals surface area contributed by atoms with Crippen LogP contribution in [0.4, 0.5) is 0 Å². The molecule has 0 saturated carbocycles. The number of guanidine groups is 1. The van der Waals surface area contributed by atoms with E-state index in [2.05, 4.69) is 17.6 Å². The lowest BCUT2D eigenvalue weighted by molar-refractivity contribution is 0.570. The molecule has 4 nitrogen and oxygen atoms in total. The van der Waals surface area contributed by atoms with Crippen molar-refractivity contribution in [2.24, 2.45) is 5.73 Å². The summed E-state index contributed by atoms with van der Waals surface area (Å²) in [4.78, 5) is 0. The standard InChI is InChI=1S/C11H26N4/c1-2-3-4-5-6-7-8-14-9-10-15-11(12)13/h14H,2-10H2,1H3,(H4,12,13,15). The molecular weight excluding hydrogens is 188 g/mol. The maximum Gasteiger partial charge on any atom is 0.185 e. The Morgan fingerprint density at radius 3 is 2.33 bits per heavy atom. The summed E-state index contributed by atoms with van der Waals surface area (Å²) in [6, 6.07) is 0. The Morgan fingerprint density at radius 2 is 1.67 bits per heavy atom. The normalized spacial score (nSPS) is 10.2. The molecule has 0 aromatic rings. The summed E-state index contributed by atoms with van der Waals surface area (Å²) < 4.78 is 0. The molecule has 0 aromatic carbocycles. The highest BCUT2D eigenvalue weighted by Crippen LogP contribution is 2.03. The minimum Gasteiger partial charge on any atom is -0.370 e. The van der Waals surface area contributed by atoms with Crippen LogP contribution in [-0.4, -0.2) is 25.6 Å². The van der Waals surface area contributed by atoms with Gasteiger partial charge in [-0.2, -0.15) is 0 Å². The second-order valence-electron chi connectivity index (χ2n) is 3.86. The summed E-state index contributed by atoms with van der Waals surface area (Å²) in [6.45, 7) is 4.94. The number of hydrogen-bond donors (Lipinski definition) is 4. The van der Waals surface area contributed by atoms with Crippen molar-refractivity contribution in [1.29, 1.82) is 5.41 Å². The van der Waals surface area contributed by atoms with Gasteiger partial charge in [-0.05, 0) is 13.0 Å². The summed E-state index contributed by atoms with van der Waals surface area (Å²) in [5, 5.41) is 13.0. The second kappa shape index (κ2) is 11.3. The topological polar surface area (TPSA) is 73.9 Å². The first-order chi connectivity index (χ1) is 7.27. The van der Waals surface area contributed by atoms with Gasteiger partial charge in [0.2, 0.25) is 0 Å². The lowest BCUT2D eigenvalue weighted by Gasteiger charge is -2.05. The van der Waals surface area contributed by atoms with Gasteiger partial charge in [0.1, 0.15) is 0 Å². The Bertz CT molecular complexity index is 148. The average Bonchev–Trinajstić information content (AvgIpc) is 2.20. The molecule has 5 N–H and O–H groups in total. The van der Waals surface area contributed by atoms with Crippen LogP contribution in [0, 0.1) is 5.41 Å². The van der Waals surface area contributed by atoms with E-state index in [1.807, 2.05) is 0 Å². The van der Waals surface area contributed by atoms with Gasteiger partial charge in [0.05, 0.1) is 0 Å². The molecule has 0 aliphatic carbocycles. The Hall–Kier alpha value is -0.770. The molecule has 0 bridgehead atoms. The van der Waals surface area contributed by atoms with Gasteiger partial charge in [-0.1, -0.05) is 39.0 Å². The van der Waals surface area contributed by atoms with Crippen LogP contribution < -0.4 is 16.4 Å². The van der Waals surface area contributed by atoms with E-state index >= 15 is 0 Å². The van der Waals surface area contributed by atoms with Gasteiger partial charge in [-0.3, -0.25) is 5.41 Å². The monoisotopic (exact) mass is 214 g/mol. The molecule has 0 spiro atoms. The van der Waals surface area contributed by atoms with Crippen molar-refractivity contribution in [3.8, 4) is 0 Å². The number of nitrogens with one attached hydrogen (secondary N) is 3. The summed E-state index contributed by atoms with van der Waals surface area (Å²) in [7, 11) is 0. The van der Waals surface area contributed by atoms with Gasteiger partial charge in [0.25, 0.3) is 0 Å². The smallest absolute Gasteiger partial charge is 0.185 e. The summed E-state index contributed by atoms with van der Waals surface area (Å²) in [5.74, 6) is 0.0522. The first-order valence-corrected chi connectivity index (χ1v) is 6.06. The first kappa shape index (κ1) is 14.2. The van der Waals surface area contributed by atoms with Crippen molar-refractivity contribution in [1.82, 2.24) is 10.6 Å². The SMILES string of the molecule is CCCCCCCCNCCNC(=N)N. The first-order valence-electron chi connectivity index (χ1n) is 6.06. The zero-order chi connectivity index (χ0) is 11.4. The minimum absolute atomic E-state index is 0.0522. The molecule has 0 radical (unpaired) electrons. The number of hydrogen-bond acceptors (Lipinski definition) is 2. The molecule has 0 fully saturated rings. The number of nitrogens with two attached hydrogens (primary N) is 1. The molecule has 0 aromatic heterocycles. The molecule has 0 rings (SSSR count). The fourth-order valence-electron chi connectivity index (χ4n) is 1.44. The molecule has 0 aliphatic rings. The predicted molar refractivity (Wildman–Crippen MR) is 66.2 cm³/mol. The van der Waals surface area contributed by atoms with E-state index in [9.17, 15) is 0 Å². The Labute approximate surface area is 93.5 Å². The highest BCUT2D eigenvalue weighted by molar-refractivity contribution is 5.74. The van der Waals surface area contributed by atoms with Crippen LogP contribution in [0.2, 0.25) is 0 Å². The van der Waals surface area contributed by atoms with Gasteiger partial charge < -0.3 is 16.4 Å². The number of rotatable bonds is 10. The van der Waals surface area contributed by atoms with Crippen molar-refractivity contribution in [3.63, 3.8) is 0 Å². The fraction of sp³-hybridized carbons (Fsp3) is 0.909. The van der Waals surface area contributed by atoms with Crippen LogP contribution in [0.5, 0.6) is 0 Å². The van der Waals surface area contributed by atoms with E-state index in [0.717, 1.165) is 19.6 Å². The molecule has 0 saturated heterocycles. The van der Waals surface area contributed by atoms with E-state index in [1.54, 1.807) is 0 Å². The lowest BCUT2D eigenvalue weighted by Crippen LogP contribution is -2.36. The van der Waals surface area contributed by atoms with Crippen LogP contribution in [-0.2, 0) is 0 Å². The molecular formula is C11H26N4. The second-order valence-corrected chi connectivity index (χ2v) is 3.86. The average molecular weight is 214 g/mol. The van der Waals surface area contributed by atoms with Gasteiger partial charge in [-0.25, -0.2) is 0 Å². The summed E-state index contributed by atoms with van der Waals surface area (Å²) in [5.41, 5.74) is 5.15. The summed E-state index contributed by atoms with van der Waals surface area (Å²) >= 11 is 0. The van der Waals surface area contributed by atoms with Crippen molar-refractivity contribution in [2.75, 3.05) is 19.6 Å². The third-order valence-corrected chi connectivity index (χ3v) is 2.32. The molecule has 0 atom stereocenters. The van der Waals surface area contributed by atoms with E-state index in [-0.39, 0.29) is 5.96 Å². The van der Waals surface area contributed by atoms with Crippen molar-refractivity contribution >= 4 is 5.96 Å². The van der Waals surface area contributed by atoms with Crippen LogP contribution in [0.1, 0.15) is 45.4 Å². The van der Waals surface area contributed by atoms with E-state index in [0.29, 0.717) is 0 Å². The third-order valence-electron chi connectivity index (χ3n) is 2.32. The van der Waals surface area contributed by atoms with Crippen LogP contribution >= 0.6 is 0 Å². The number of unbranched alkanes of at least 4 members (excludes halogenated alkanes) is 5. The Morgan fingerprint density at radius 1 is 1.00 bits per heavy atom. The van der Waals surface area contributed by atoms with Gasteiger partial charge in [0, 0.05) is 13.1 Å². The van der Waals surface area contributed by atoms with Crippen LogP contribution in [0.15, 0.2) is 0 Å². The van der Waals surface area contributed by atoms with Gasteiger partial charge in [0.15, 0.2) is 5.96 Å². The minimum atomic E-state index is 0.0522. The van der Waals surface area contributed by atoms with Crippen molar-refractivity contribution in [2.45, 2.75) is 45.4 Å². The van der Waals surface area contributed by atoms with Crippen molar-refractivity contribution < 1.29 is 0 Å². The van der Waals surface area contributed by atoms with Crippen LogP contribution in [0.25, 0.3) is 0 Å². The highest BCUT2D eigenvalue weighted by atomic mass is 15.1. The highest BCUT2D eigenvalue weighted by Gasteiger charge is 1.90. The van der Waals surface area contributed by atoms with Crippen molar-refractivity contribution in [3.05, 3.63) is 0 Å². The van der Waals surface area contributed by atoms with Gasteiger partial charge in [-0.15, -0.1) is 0 Å². The summed E-state index contributed by atoms with van der Waals surface area (Å²) in [6.07, 6.45) is 8.01. The van der Waals surface area contributed by atoms with E-state index in [4.69, 9.17) is 11.1 Å². The maximum absolute atomic E-state index is 6.94. The maximum atomic E-state index is 6.94. The molecule has 0 aliphatic heterocycles.